The summed E-state index contributed by atoms with van der Waals surface area (Å²) in [5, 5.41) is 0. The van der Waals surface area contributed by atoms with Crippen LogP contribution in [0.1, 0.15) is 22.8 Å². The summed E-state index contributed by atoms with van der Waals surface area (Å²) < 4.78 is 0.947. The molecule has 2 aliphatic heterocycles. The molecule has 0 spiro atoms. The predicted octanol–water partition coefficient (Wildman–Crippen LogP) is 4.91. The first kappa shape index (κ1) is 19.2. The van der Waals surface area contributed by atoms with Crippen molar-refractivity contribution in [2.45, 2.75) is 0 Å². The number of aromatic amines is 2. The third-order valence-corrected chi connectivity index (χ3v) is 5.01. The summed E-state index contributed by atoms with van der Waals surface area (Å²) >= 11 is 4.09. The van der Waals surface area contributed by atoms with E-state index in [1.165, 1.54) is 0 Å². The number of rotatable bonds is 0. The number of H-pyrrole nitrogens is 2. The third kappa shape index (κ3) is 4.88. The number of nitrogens with one attached hydrogen (secondary N) is 2. The molecule has 6 heterocycles. The minimum absolute atomic E-state index is 0.939. The van der Waals surface area contributed by atoms with Crippen molar-refractivity contribution in [3.8, 4) is 0 Å². The Morgan fingerprint density at radius 3 is 1.16 bits per heavy atom. The van der Waals surface area contributed by atoms with Crippen LogP contribution in [0.25, 0.3) is 46.4 Å². The summed E-state index contributed by atoms with van der Waals surface area (Å²) in [7, 11) is 0. The third-order valence-electron chi connectivity index (χ3n) is 4.67. The van der Waals surface area contributed by atoms with Gasteiger partial charge in [0, 0.05) is 22.1 Å². The number of hydrogen-bond acceptors (Lipinski definition) is 3. The van der Waals surface area contributed by atoms with Gasteiger partial charge in [-0.15, -0.1) is 0 Å². The molecule has 4 aromatic heterocycles. The molecule has 6 heteroatoms. The van der Waals surface area contributed by atoms with Crippen LogP contribution in [0.3, 0.4) is 0 Å². The molecule has 5 nitrogen and oxygen atoms in total. The van der Waals surface area contributed by atoms with Gasteiger partial charge < -0.3 is 9.97 Å². The number of nitrogens with zero attached hydrogens (tertiary/aromatic N) is 3. The number of aromatic nitrogens is 5. The number of pyridine rings is 1. The van der Waals surface area contributed by atoms with Gasteiger partial charge in [0.25, 0.3) is 0 Å². The zero-order valence-electron chi connectivity index (χ0n) is 16.4. The van der Waals surface area contributed by atoms with E-state index < -0.39 is 0 Å². The van der Waals surface area contributed by atoms with E-state index in [-0.39, 0.29) is 0 Å². The van der Waals surface area contributed by atoms with Crippen LogP contribution in [0.15, 0.2) is 73.1 Å². The zero-order valence-corrected chi connectivity index (χ0v) is 17.5. The average Bonchev–Trinajstić information content (AvgIpc) is 3.55. The van der Waals surface area contributed by atoms with E-state index in [0.717, 1.165) is 49.3 Å². The van der Waals surface area contributed by atoms with Crippen molar-refractivity contribution in [1.82, 2.24) is 24.9 Å². The molecule has 8 bridgehead atoms. The molecule has 0 amide bonds. The standard InChI is InChI=1S/C20H14N4.C5H4N.Co/c1-2-14-10-16-5-6-18(23-16)12-20-8-7-19(24-20)11-17-4-3-15(22-17)9-13(1)21-14;1-2-4-6-5-3-1;/h1-12,21,24H;2-5H;. The average molecular weight is 447 g/mol. The van der Waals surface area contributed by atoms with Gasteiger partial charge in [-0.2, -0.15) is 0 Å². The molecule has 0 unspecified atom stereocenters. The van der Waals surface area contributed by atoms with Crippen LogP contribution in [0.5, 0.6) is 0 Å². The van der Waals surface area contributed by atoms with E-state index in [2.05, 4.69) is 64.9 Å². The number of fused-ring (bicyclic) bond motifs is 8. The molecular formula is C25H18CoN5. The molecule has 152 valence electrons. The molecule has 0 aliphatic carbocycles. The van der Waals surface area contributed by atoms with Crippen molar-refractivity contribution in [2.75, 3.05) is 0 Å². The van der Waals surface area contributed by atoms with Gasteiger partial charge in [-0.05, 0) is 72.8 Å². The molecule has 4 aromatic rings. The fourth-order valence-corrected chi connectivity index (χ4v) is 3.43. The van der Waals surface area contributed by atoms with Crippen LogP contribution in [0, 0.1) is 0 Å². The quantitative estimate of drug-likeness (QED) is 0.348. The molecule has 6 rings (SSSR count). The van der Waals surface area contributed by atoms with Gasteiger partial charge in [-0.1, -0.05) is 0 Å². The Morgan fingerprint density at radius 1 is 0.516 bits per heavy atom. The van der Waals surface area contributed by atoms with E-state index in [1.54, 1.807) is 12.4 Å². The van der Waals surface area contributed by atoms with E-state index >= 15 is 0 Å². The van der Waals surface area contributed by atoms with Gasteiger partial charge in [0.05, 0.1) is 22.8 Å². The maximum absolute atomic E-state index is 4.63. The molecule has 0 fully saturated rings. The second-order valence-corrected chi connectivity index (χ2v) is 7.65. The molecule has 0 aromatic carbocycles. The Kier molecular flexibility index (Phi) is 5.31. The fourth-order valence-electron chi connectivity index (χ4n) is 3.27. The summed E-state index contributed by atoms with van der Waals surface area (Å²) in [6, 6.07) is 20.0. The van der Waals surface area contributed by atoms with E-state index in [0.29, 0.717) is 0 Å². The van der Waals surface area contributed by atoms with Gasteiger partial charge in [-0.3, -0.25) is 0 Å². The first-order valence-electron chi connectivity index (χ1n) is 9.77. The second-order valence-electron chi connectivity index (χ2n) is 7.04. The van der Waals surface area contributed by atoms with Gasteiger partial charge >= 0.3 is 49.7 Å². The van der Waals surface area contributed by atoms with Crippen molar-refractivity contribution >= 4 is 50.9 Å². The number of hydrogen-bond donors (Lipinski definition) is 2. The molecule has 2 N–H and O–H groups in total. The first-order valence-corrected chi connectivity index (χ1v) is 10.3. The summed E-state index contributed by atoms with van der Waals surface area (Å²) in [4.78, 5) is 19.8. The van der Waals surface area contributed by atoms with Crippen molar-refractivity contribution in [2.24, 2.45) is 0 Å². The van der Waals surface area contributed by atoms with Crippen molar-refractivity contribution in [3.05, 3.63) is 95.8 Å². The monoisotopic (exact) mass is 447 g/mol. The molecule has 2 aliphatic rings. The molecule has 31 heavy (non-hydrogen) atoms. The Morgan fingerprint density at radius 2 is 0.871 bits per heavy atom. The van der Waals surface area contributed by atoms with Gasteiger partial charge in [0.15, 0.2) is 0 Å². The van der Waals surface area contributed by atoms with Crippen LogP contribution < -0.4 is 4.50 Å². The van der Waals surface area contributed by atoms with Crippen molar-refractivity contribution < 1.29 is 15.7 Å². The van der Waals surface area contributed by atoms with Crippen LogP contribution >= 0.6 is 0 Å². The zero-order chi connectivity index (χ0) is 21.0. The molecule has 0 atom stereocenters. The Labute approximate surface area is 187 Å². The Bertz CT molecular complexity index is 1270. The van der Waals surface area contributed by atoms with Crippen LogP contribution in [-0.4, -0.2) is 24.9 Å². The molecular weight excluding hydrogens is 429 g/mol. The second kappa shape index (κ2) is 8.55. The first-order chi connectivity index (χ1) is 15.2. The SMILES string of the molecule is C1=Cc2cc3ccc(cc4nc(cc5ccc(cc1n2)[nH]5)C=C4)[nH]3.[Co][c]1ccncc1. The van der Waals surface area contributed by atoms with Crippen LogP contribution in [0.4, 0.5) is 0 Å². The van der Waals surface area contributed by atoms with Gasteiger partial charge in [0.2, 0.25) is 0 Å². The Balaban J connectivity index is 0.000000250. The predicted molar refractivity (Wildman–Crippen MR) is 123 cm³/mol. The summed E-state index contributed by atoms with van der Waals surface area (Å²) in [6.45, 7) is 0. The normalized spacial score (nSPS) is 11.8. The Hall–Kier alpha value is -3.74. The summed E-state index contributed by atoms with van der Waals surface area (Å²) in [5.41, 5.74) is 7.86. The van der Waals surface area contributed by atoms with E-state index in [1.807, 2.05) is 60.7 Å². The van der Waals surface area contributed by atoms with Crippen LogP contribution in [-0.2, 0) is 15.7 Å². The minimum atomic E-state index is 0.939. The van der Waals surface area contributed by atoms with Gasteiger partial charge in [0.1, 0.15) is 0 Å². The molecule has 0 saturated carbocycles. The van der Waals surface area contributed by atoms with E-state index in [4.69, 9.17) is 0 Å². The summed E-state index contributed by atoms with van der Waals surface area (Å²) in [5.74, 6) is 0. The topological polar surface area (TPSA) is 70.2 Å². The van der Waals surface area contributed by atoms with Crippen molar-refractivity contribution in [3.63, 3.8) is 0 Å². The fraction of sp³-hybridized carbons (Fsp3) is 0. The van der Waals surface area contributed by atoms with E-state index in [9.17, 15) is 0 Å². The molecule has 0 radical (unpaired) electrons. The van der Waals surface area contributed by atoms with Crippen molar-refractivity contribution in [1.29, 1.82) is 0 Å². The summed E-state index contributed by atoms with van der Waals surface area (Å²) in [6.07, 6.45) is 11.5. The van der Waals surface area contributed by atoms with Gasteiger partial charge in [-0.25, -0.2) is 9.97 Å². The molecule has 0 saturated heterocycles. The maximum atomic E-state index is 4.63. The van der Waals surface area contributed by atoms with Crippen LogP contribution in [0.2, 0.25) is 0 Å².